The van der Waals surface area contributed by atoms with Crippen molar-refractivity contribution in [3.05, 3.63) is 52.2 Å². The number of para-hydroxylation sites is 1. The van der Waals surface area contributed by atoms with E-state index in [0.717, 1.165) is 27.7 Å². The number of Topliss-reactive ketones (excluding diaryl/α,β-unsaturated/α-hetero) is 1. The fourth-order valence-corrected chi connectivity index (χ4v) is 3.41. The molecule has 6 heteroatoms. The van der Waals surface area contributed by atoms with E-state index in [1.807, 2.05) is 38.1 Å². The van der Waals surface area contributed by atoms with Crippen molar-refractivity contribution >= 4 is 39.1 Å². The Hall–Kier alpha value is -2.60. The molecule has 0 spiro atoms. The summed E-state index contributed by atoms with van der Waals surface area (Å²) in [6.07, 6.45) is 0.227. The van der Waals surface area contributed by atoms with Crippen molar-refractivity contribution in [2.75, 3.05) is 5.32 Å². The van der Waals surface area contributed by atoms with Crippen molar-refractivity contribution in [3.8, 4) is 0 Å². The van der Waals surface area contributed by atoms with Gasteiger partial charge in [-0.25, -0.2) is 4.98 Å². The Balaban J connectivity index is 1.83. The minimum absolute atomic E-state index is 0.114. The number of aryl methyl sites for hydroxylation is 2. The van der Waals surface area contributed by atoms with Gasteiger partial charge in [-0.1, -0.05) is 18.2 Å². The number of benzene rings is 1. The molecular weight excluding hydrogens is 322 g/mol. The van der Waals surface area contributed by atoms with Crippen LogP contribution in [0.2, 0.25) is 0 Å². The third-order valence-electron chi connectivity index (χ3n) is 3.93. The van der Waals surface area contributed by atoms with Crippen LogP contribution >= 0.6 is 11.3 Å². The molecule has 24 heavy (non-hydrogen) atoms. The van der Waals surface area contributed by atoms with E-state index in [1.165, 1.54) is 18.3 Å². The largest absolute Gasteiger partial charge is 0.302 e. The van der Waals surface area contributed by atoms with Gasteiger partial charge < -0.3 is 5.32 Å². The minimum Gasteiger partial charge on any atom is -0.302 e. The number of nitrogens with one attached hydrogen (secondary N) is 1. The maximum atomic E-state index is 12.3. The van der Waals surface area contributed by atoms with Gasteiger partial charge in [0.2, 0.25) is 5.91 Å². The molecule has 0 aliphatic rings. The lowest BCUT2D eigenvalue weighted by Crippen LogP contribution is -2.16. The van der Waals surface area contributed by atoms with Crippen LogP contribution in [0.25, 0.3) is 10.9 Å². The van der Waals surface area contributed by atoms with E-state index in [9.17, 15) is 9.59 Å². The highest BCUT2D eigenvalue weighted by atomic mass is 32.1. The smallest absolute Gasteiger partial charge is 0.230 e. The van der Waals surface area contributed by atoms with Crippen LogP contribution in [0.1, 0.15) is 34.2 Å². The van der Waals surface area contributed by atoms with Gasteiger partial charge in [0, 0.05) is 23.4 Å². The number of aromatic nitrogens is 2. The number of fused-ring (bicyclic) bond motifs is 1. The van der Waals surface area contributed by atoms with Crippen molar-refractivity contribution in [3.63, 3.8) is 0 Å². The second-order valence-electron chi connectivity index (χ2n) is 5.64. The van der Waals surface area contributed by atoms with Gasteiger partial charge in [-0.2, -0.15) is 0 Å². The number of hydrogen-bond acceptors (Lipinski definition) is 5. The van der Waals surface area contributed by atoms with Gasteiger partial charge in [-0.3, -0.25) is 14.6 Å². The summed E-state index contributed by atoms with van der Waals surface area (Å²) in [5.41, 5.74) is 4.15. The Labute approximate surface area is 143 Å². The number of pyridine rings is 1. The molecule has 0 aliphatic carbocycles. The van der Waals surface area contributed by atoms with Crippen molar-refractivity contribution in [1.29, 1.82) is 0 Å². The first kappa shape index (κ1) is 16.3. The number of ketones is 1. The van der Waals surface area contributed by atoms with Crippen LogP contribution in [0, 0.1) is 13.8 Å². The number of nitrogens with zero attached hydrogens (tertiary/aromatic N) is 2. The number of hydrogen-bond donors (Lipinski definition) is 1. The van der Waals surface area contributed by atoms with E-state index in [4.69, 9.17) is 0 Å². The Morgan fingerprint density at radius 3 is 2.62 bits per heavy atom. The zero-order valence-corrected chi connectivity index (χ0v) is 14.5. The summed E-state index contributed by atoms with van der Waals surface area (Å²) in [7, 11) is 0. The van der Waals surface area contributed by atoms with Crippen LogP contribution < -0.4 is 5.32 Å². The fraction of sp³-hybridized carbons (Fsp3) is 0.222. The van der Waals surface area contributed by atoms with Crippen LogP contribution in [0.5, 0.6) is 0 Å². The van der Waals surface area contributed by atoms with Crippen molar-refractivity contribution in [1.82, 2.24) is 9.97 Å². The molecule has 0 saturated heterocycles. The van der Waals surface area contributed by atoms with Crippen molar-refractivity contribution < 1.29 is 9.59 Å². The minimum atomic E-state index is -0.164. The first-order chi connectivity index (χ1) is 11.5. The molecule has 0 bridgehead atoms. The average molecular weight is 339 g/mol. The normalized spacial score (nSPS) is 10.8. The first-order valence-electron chi connectivity index (χ1n) is 7.57. The number of thiazole rings is 1. The van der Waals surface area contributed by atoms with E-state index in [2.05, 4.69) is 15.3 Å². The molecule has 0 unspecified atom stereocenters. The Kier molecular flexibility index (Phi) is 4.40. The van der Waals surface area contributed by atoms with Gasteiger partial charge in [0.25, 0.3) is 0 Å². The SMILES string of the molecule is CC(=O)c1csc(NC(=O)Cc2c(C)nc3ccccc3c2C)n1. The number of carbonyl (C=O) groups excluding carboxylic acids is 2. The summed E-state index contributed by atoms with van der Waals surface area (Å²) in [4.78, 5) is 32.3. The third kappa shape index (κ3) is 3.19. The molecule has 0 radical (unpaired) electrons. The zero-order chi connectivity index (χ0) is 17.3. The number of carbonyl (C=O) groups is 2. The van der Waals surface area contributed by atoms with Crippen LogP contribution in [0.15, 0.2) is 29.6 Å². The molecule has 1 N–H and O–H groups in total. The van der Waals surface area contributed by atoms with E-state index < -0.39 is 0 Å². The molecule has 0 fully saturated rings. The lowest BCUT2D eigenvalue weighted by molar-refractivity contribution is -0.115. The topological polar surface area (TPSA) is 72.0 Å². The number of amides is 1. The highest BCUT2D eigenvalue weighted by Gasteiger charge is 2.14. The van der Waals surface area contributed by atoms with E-state index in [1.54, 1.807) is 5.38 Å². The highest BCUT2D eigenvalue weighted by molar-refractivity contribution is 7.14. The summed E-state index contributed by atoms with van der Waals surface area (Å²) < 4.78 is 0. The van der Waals surface area contributed by atoms with E-state index in [0.29, 0.717) is 10.8 Å². The van der Waals surface area contributed by atoms with Gasteiger partial charge in [-0.05, 0) is 31.0 Å². The first-order valence-corrected chi connectivity index (χ1v) is 8.45. The summed E-state index contributed by atoms with van der Waals surface area (Å²) in [6, 6.07) is 7.90. The van der Waals surface area contributed by atoms with Gasteiger partial charge in [0.15, 0.2) is 10.9 Å². The van der Waals surface area contributed by atoms with E-state index in [-0.39, 0.29) is 18.1 Å². The Morgan fingerprint density at radius 2 is 1.92 bits per heavy atom. The molecule has 3 rings (SSSR count). The maximum absolute atomic E-state index is 12.3. The standard InChI is InChI=1S/C18H17N3O2S/c1-10-13-6-4-5-7-15(13)19-11(2)14(10)8-17(23)21-18-20-16(9-24-18)12(3)22/h4-7,9H,8H2,1-3H3,(H,20,21,23). The molecular formula is C18H17N3O2S. The monoisotopic (exact) mass is 339 g/mol. The van der Waals surface area contributed by atoms with Crippen LogP contribution in [0.4, 0.5) is 5.13 Å². The molecule has 0 aliphatic heterocycles. The maximum Gasteiger partial charge on any atom is 0.230 e. The molecule has 0 saturated carbocycles. The molecule has 5 nitrogen and oxygen atoms in total. The average Bonchev–Trinajstić information content (AvgIpc) is 3.00. The lowest BCUT2D eigenvalue weighted by atomic mass is 9.99. The van der Waals surface area contributed by atoms with Crippen LogP contribution in [0.3, 0.4) is 0 Å². The molecule has 122 valence electrons. The highest BCUT2D eigenvalue weighted by Crippen LogP contribution is 2.23. The van der Waals surface area contributed by atoms with Crippen molar-refractivity contribution in [2.24, 2.45) is 0 Å². The summed E-state index contributed by atoms with van der Waals surface area (Å²) >= 11 is 1.25. The third-order valence-corrected chi connectivity index (χ3v) is 4.69. The van der Waals surface area contributed by atoms with Gasteiger partial charge >= 0.3 is 0 Å². The quantitative estimate of drug-likeness (QED) is 0.736. The zero-order valence-electron chi connectivity index (χ0n) is 13.7. The summed E-state index contributed by atoms with van der Waals surface area (Å²) in [6.45, 7) is 5.38. The molecule has 1 aromatic carbocycles. The predicted octanol–water partition coefficient (Wildman–Crippen LogP) is 3.69. The molecule has 2 aromatic heterocycles. The lowest BCUT2D eigenvalue weighted by Gasteiger charge is -2.12. The number of anilines is 1. The Morgan fingerprint density at radius 1 is 1.17 bits per heavy atom. The van der Waals surface area contributed by atoms with Gasteiger partial charge in [0.05, 0.1) is 11.9 Å². The molecule has 2 heterocycles. The van der Waals surface area contributed by atoms with Crippen LogP contribution in [-0.2, 0) is 11.2 Å². The van der Waals surface area contributed by atoms with Gasteiger partial charge in [0.1, 0.15) is 5.69 Å². The van der Waals surface area contributed by atoms with E-state index >= 15 is 0 Å². The number of rotatable bonds is 4. The molecule has 1 amide bonds. The molecule has 0 atom stereocenters. The van der Waals surface area contributed by atoms with Gasteiger partial charge in [-0.15, -0.1) is 11.3 Å². The van der Waals surface area contributed by atoms with Crippen molar-refractivity contribution in [2.45, 2.75) is 27.2 Å². The Bertz CT molecular complexity index is 947. The molecule has 3 aromatic rings. The second-order valence-corrected chi connectivity index (χ2v) is 6.50. The predicted molar refractivity (Wildman–Crippen MR) is 95.7 cm³/mol. The second kappa shape index (κ2) is 6.49. The van der Waals surface area contributed by atoms with Crippen LogP contribution in [-0.4, -0.2) is 21.7 Å². The summed E-state index contributed by atoms with van der Waals surface area (Å²) in [5.74, 6) is -0.278. The fourth-order valence-electron chi connectivity index (χ4n) is 2.65. The summed E-state index contributed by atoms with van der Waals surface area (Å²) in [5, 5.41) is 5.90.